The molecule has 3 rings (SSSR count). The largest absolute Gasteiger partial charge is 0.473 e. The Kier molecular flexibility index (Phi) is 4.88. The van der Waals surface area contributed by atoms with Crippen molar-refractivity contribution >= 4 is 11.6 Å². The topological polar surface area (TPSA) is 54.5 Å². The Bertz CT molecular complexity index is 660. The van der Waals surface area contributed by atoms with Crippen molar-refractivity contribution in [2.24, 2.45) is 0 Å². The zero-order valence-corrected chi connectivity index (χ0v) is 13.2. The van der Waals surface area contributed by atoms with Crippen LogP contribution in [0.3, 0.4) is 0 Å². The number of nitrogens with one attached hydrogen (secondary N) is 1. The smallest absolute Gasteiger partial charge is 0.221 e. The van der Waals surface area contributed by atoms with Crippen LogP contribution in [0.2, 0.25) is 0 Å². The van der Waals surface area contributed by atoms with Gasteiger partial charge in [-0.25, -0.2) is 4.98 Å². The average Bonchev–Trinajstić information content (AvgIpc) is 2.95. The third-order valence-electron chi connectivity index (χ3n) is 3.81. The number of nitrogens with zero attached hydrogens (tertiary/aromatic N) is 2. The molecule has 5 heteroatoms. The molecule has 0 radical (unpaired) electrons. The first-order valence-corrected chi connectivity index (χ1v) is 7.85. The fourth-order valence-corrected chi connectivity index (χ4v) is 2.83. The summed E-state index contributed by atoms with van der Waals surface area (Å²) in [6.45, 7) is 4.27. The lowest BCUT2D eigenvalue weighted by Gasteiger charge is -2.17. The van der Waals surface area contributed by atoms with Crippen LogP contribution in [0.15, 0.2) is 48.7 Å². The molecule has 2 heterocycles. The number of carbonyl (C=O) groups excluding carboxylic acids is 1. The number of benzene rings is 1. The Hall–Kier alpha value is -2.40. The molecule has 5 nitrogen and oxygen atoms in total. The van der Waals surface area contributed by atoms with Crippen molar-refractivity contribution in [1.82, 2.24) is 9.88 Å². The van der Waals surface area contributed by atoms with Gasteiger partial charge < -0.3 is 10.1 Å². The second-order valence-corrected chi connectivity index (χ2v) is 5.81. The van der Waals surface area contributed by atoms with Crippen LogP contribution in [0.4, 0.5) is 5.69 Å². The van der Waals surface area contributed by atoms with Gasteiger partial charge in [-0.15, -0.1) is 0 Å². The van der Waals surface area contributed by atoms with Gasteiger partial charge in [-0.2, -0.15) is 0 Å². The van der Waals surface area contributed by atoms with E-state index in [0.717, 1.165) is 31.7 Å². The van der Waals surface area contributed by atoms with Crippen LogP contribution in [0, 0.1) is 0 Å². The van der Waals surface area contributed by atoms with E-state index >= 15 is 0 Å². The summed E-state index contributed by atoms with van der Waals surface area (Å²) in [6.07, 6.45) is 2.93. The highest BCUT2D eigenvalue weighted by Gasteiger charge is 2.24. The molecule has 120 valence electrons. The second-order valence-electron chi connectivity index (χ2n) is 5.81. The maximum Gasteiger partial charge on any atom is 0.221 e. The van der Waals surface area contributed by atoms with Gasteiger partial charge in [0.05, 0.1) is 0 Å². The van der Waals surface area contributed by atoms with Gasteiger partial charge in [0, 0.05) is 44.5 Å². The van der Waals surface area contributed by atoms with Gasteiger partial charge in [0.2, 0.25) is 11.8 Å². The molecule has 1 aromatic heterocycles. The molecule has 0 saturated carbocycles. The Labute approximate surface area is 136 Å². The Morgan fingerprint density at radius 3 is 3.04 bits per heavy atom. The summed E-state index contributed by atoms with van der Waals surface area (Å²) < 4.78 is 5.91. The molecule has 0 bridgehead atoms. The van der Waals surface area contributed by atoms with Crippen LogP contribution in [0.1, 0.15) is 18.9 Å². The first kappa shape index (κ1) is 15.5. The lowest BCUT2D eigenvalue weighted by atomic mass is 10.2. The molecule has 0 spiro atoms. The monoisotopic (exact) mass is 311 g/mol. The molecule has 1 aliphatic rings. The van der Waals surface area contributed by atoms with Gasteiger partial charge >= 0.3 is 0 Å². The molecule has 1 atom stereocenters. The van der Waals surface area contributed by atoms with Crippen LogP contribution < -0.4 is 10.1 Å². The molecule has 2 aromatic rings. The maximum absolute atomic E-state index is 11.1. The first-order valence-electron chi connectivity index (χ1n) is 7.85. The summed E-state index contributed by atoms with van der Waals surface area (Å²) in [6, 6.07) is 13.7. The molecule has 0 aliphatic carbocycles. The third-order valence-corrected chi connectivity index (χ3v) is 3.81. The van der Waals surface area contributed by atoms with Gasteiger partial charge in [-0.05, 0) is 30.2 Å². The predicted molar refractivity (Wildman–Crippen MR) is 89.3 cm³/mol. The highest BCUT2D eigenvalue weighted by molar-refractivity contribution is 5.88. The zero-order chi connectivity index (χ0) is 16.1. The van der Waals surface area contributed by atoms with E-state index in [0.29, 0.717) is 5.88 Å². The van der Waals surface area contributed by atoms with Crippen LogP contribution in [0.5, 0.6) is 5.88 Å². The normalized spacial score (nSPS) is 17.9. The number of hydrogen-bond acceptors (Lipinski definition) is 4. The van der Waals surface area contributed by atoms with Crippen molar-refractivity contribution in [3.05, 3.63) is 54.2 Å². The molecular formula is C18H21N3O2. The molecule has 23 heavy (non-hydrogen) atoms. The van der Waals surface area contributed by atoms with Crippen molar-refractivity contribution in [1.29, 1.82) is 0 Å². The minimum Gasteiger partial charge on any atom is -0.473 e. The summed E-state index contributed by atoms with van der Waals surface area (Å²) in [5.41, 5.74) is 2.03. The summed E-state index contributed by atoms with van der Waals surface area (Å²) >= 11 is 0. The molecule has 1 saturated heterocycles. The predicted octanol–water partition coefficient (Wildman–Crippen LogP) is 2.69. The molecule has 1 amide bonds. The van der Waals surface area contributed by atoms with Gasteiger partial charge in [0.25, 0.3) is 0 Å². The third kappa shape index (κ3) is 4.53. The van der Waals surface area contributed by atoms with E-state index < -0.39 is 0 Å². The first-order chi connectivity index (χ1) is 11.2. The minimum atomic E-state index is -0.0489. The lowest BCUT2D eigenvalue weighted by Crippen LogP contribution is -2.24. The van der Waals surface area contributed by atoms with E-state index in [4.69, 9.17) is 4.74 Å². The molecule has 1 aromatic carbocycles. The highest BCUT2D eigenvalue weighted by Crippen LogP contribution is 2.19. The number of amides is 1. The summed E-state index contributed by atoms with van der Waals surface area (Å²) in [5, 5.41) is 2.82. The Morgan fingerprint density at radius 2 is 2.26 bits per heavy atom. The van der Waals surface area contributed by atoms with E-state index in [1.54, 1.807) is 6.20 Å². The SMILES string of the molecule is CC(=O)Nc1cccc(CN2CC[C@@H](Oc3ccccn3)C2)c1. The van der Waals surface area contributed by atoms with E-state index in [9.17, 15) is 4.79 Å². The van der Waals surface area contributed by atoms with Gasteiger partial charge in [-0.3, -0.25) is 9.69 Å². The van der Waals surface area contributed by atoms with Crippen molar-refractivity contribution in [3.8, 4) is 5.88 Å². The summed E-state index contributed by atoms with van der Waals surface area (Å²) in [4.78, 5) is 17.7. The fourth-order valence-electron chi connectivity index (χ4n) is 2.83. The Balaban J connectivity index is 1.54. The number of aromatic nitrogens is 1. The van der Waals surface area contributed by atoms with Gasteiger partial charge in [0.1, 0.15) is 6.10 Å². The standard InChI is InChI=1S/C18H21N3O2/c1-14(22)20-16-6-4-5-15(11-16)12-21-10-8-17(13-21)23-18-7-2-3-9-19-18/h2-7,9,11,17H,8,10,12-13H2,1H3,(H,20,22)/t17-/m1/s1. The average molecular weight is 311 g/mol. The molecule has 1 N–H and O–H groups in total. The van der Waals surface area contributed by atoms with Crippen LogP contribution in [0.25, 0.3) is 0 Å². The highest BCUT2D eigenvalue weighted by atomic mass is 16.5. The number of likely N-dealkylation sites (tertiary alicyclic amines) is 1. The van der Waals surface area contributed by atoms with Crippen LogP contribution in [-0.4, -0.2) is 35.0 Å². The second kappa shape index (κ2) is 7.24. The van der Waals surface area contributed by atoms with E-state index in [2.05, 4.69) is 21.3 Å². The van der Waals surface area contributed by atoms with Crippen molar-refractivity contribution in [2.45, 2.75) is 26.0 Å². The Morgan fingerprint density at radius 1 is 1.35 bits per heavy atom. The van der Waals surface area contributed by atoms with Gasteiger partial charge in [-0.1, -0.05) is 18.2 Å². The van der Waals surface area contributed by atoms with Crippen molar-refractivity contribution in [2.75, 3.05) is 18.4 Å². The number of hydrogen-bond donors (Lipinski definition) is 1. The number of pyridine rings is 1. The maximum atomic E-state index is 11.1. The summed E-state index contributed by atoms with van der Waals surface area (Å²) in [5.74, 6) is 0.638. The molecular weight excluding hydrogens is 290 g/mol. The summed E-state index contributed by atoms with van der Waals surface area (Å²) in [7, 11) is 0. The number of carbonyl (C=O) groups is 1. The number of ether oxygens (including phenoxy) is 1. The zero-order valence-electron chi connectivity index (χ0n) is 13.2. The van der Waals surface area contributed by atoms with Crippen LogP contribution >= 0.6 is 0 Å². The van der Waals surface area contributed by atoms with Crippen molar-refractivity contribution in [3.63, 3.8) is 0 Å². The fraction of sp³-hybridized carbons (Fsp3) is 0.333. The molecule has 1 fully saturated rings. The van der Waals surface area contributed by atoms with Crippen LogP contribution in [-0.2, 0) is 11.3 Å². The van der Waals surface area contributed by atoms with E-state index in [1.165, 1.54) is 12.5 Å². The molecule has 1 aliphatic heterocycles. The minimum absolute atomic E-state index is 0.0489. The molecule has 0 unspecified atom stereocenters. The number of rotatable bonds is 5. The van der Waals surface area contributed by atoms with Crippen molar-refractivity contribution < 1.29 is 9.53 Å². The number of anilines is 1. The van der Waals surface area contributed by atoms with E-state index in [-0.39, 0.29) is 12.0 Å². The quantitative estimate of drug-likeness (QED) is 0.922. The van der Waals surface area contributed by atoms with Gasteiger partial charge in [0.15, 0.2) is 0 Å². The van der Waals surface area contributed by atoms with E-state index in [1.807, 2.05) is 36.4 Å². The lowest BCUT2D eigenvalue weighted by molar-refractivity contribution is -0.114.